The van der Waals surface area contributed by atoms with Crippen molar-refractivity contribution < 1.29 is 4.74 Å². The Kier molecular flexibility index (Phi) is 8.60. The van der Waals surface area contributed by atoms with Crippen LogP contribution in [0.15, 0.2) is 243 Å². The number of hydrogen-bond donors (Lipinski definition) is 0. The van der Waals surface area contributed by atoms with Gasteiger partial charge in [0.2, 0.25) is 0 Å². The van der Waals surface area contributed by atoms with E-state index in [4.69, 9.17) is 4.74 Å². The van der Waals surface area contributed by atoms with Gasteiger partial charge in [-0.25, -0.2) is 0 Å². The second-order valence-electron chi connectivity index (χ2n) is 17.5. The number of fused-ring (bicyclic) bond motifs is 13. The summed E-state index contributed by atoms with van der Waals surface area (Å²) >= 11 is 0. The SMILES string of the molecule is C1=CC2C(Oc3c(ccc4ccccc34)C23c2ccccc2-c2c(-c4cccc(-c5cccc(N(c6ccccc6)c6cccc(-c7ccccc7)c6)c5)c4)cccc23)c2ccccc21. The molecule has 0 fully saturated rings. The third kappa shape index (κ3) is 5.81. The molecule has 0 saturated carbocycles. The molecule has 0 amide bonds. The van der Waals surface area contributed by atoms with Crippen molar-refractivity contribution >= 4 is 33.9 Å². The maximum absolute atomic E-state index is 7.33. The lowest BCUT2D eigenvalue weighted by Gasteiger charge is -2.49. The Hall–Kier alpha value is -8.20. The summed E-state index contributed by atoms with van der Waals surface area (Å²) in [5.41, 5.74) is 18.9. The van der Waals surface area contributed by atoms with Gasteiger partial charge in [0.05, 0.1) is 5.41 Å². The zero-order valence-electron chi connectivity index (χ0n) is 35.7. The van der Waals surface area contributed by atoms with E-state index >= 15 is 0 Å². The predicted molar refractivity (Wildman–Crippen MR) is 269 cm³/mol. The van der Waals surface area contributed by atoms with E-state index in [9.17, 15) is 0 Å². The van der Waals surface area contributed by atoms with Crippen LogP contribution in [0.2, 0.25) is 0 Å². The van der Waals surface area contributed by atoms with E-state index in [-0.39, 0.29) is 12.0 Å². The summed E-state index contributed by atoms with van der Waals surface area (Å²) in [6, 6.07) is 86.5. The summed E-state index contributed by atoms with van der Waals surface area (Å²) in [5.74, 6) is 1.01. The molecule has 0 N–H and O–H groups in total. The lowest BCUT2D eigenvalue weighted by Crippen LogP contribution is -2.45. The van der Waals surface area contributed by atoms with Gasteiger partial charge in [0.25, 0.3) is 0 Å². The number of hydrogen-bond acceptors (Lipinski definition) is 2. The molecule has 3 aliphatic rings. The van der Waals surface area contributed by atoms with Crippen LogP contribution in [0.5, 0.6) is 5.75 Å². The van der Waals surface area contributed by atoms with E-state index in [2.05, 4.69) is 254 Å². The number of anilines is 3. The molecule has 2 heteroatoms. The molecule has 3 atom stereocenters. The van der Waals surface area contributed by atoms with Crippen LogP contribution in [0.3, 0.4) is 0 Å². The van der Waals surface area contributed by atoms with Gasteiger partial charge < -0.3 is 9.64 Å². The Morgan fingerprint density at radius 3 is 1.82 bits per heavy atom. The Morgan fingerprint density at radius 2 is 0.985 bits per heavy atom. The minimum absolute atomic E-state index is 0.0266. The lowest BCUT2D eigenvalue weighted by atomic mass is 9.58. The maximum Gasteiger partial charge on any atom is 0.132 e. The highest BCUT2D eigenvalue weighted by molar-refractivity contribution is 5.98. The van der Waals surface area contributed by atoms with Crippen molar-refractivity contribution in [3.05, 3.63) is 270 Å². The smallest absolute Gasteiger partial charge is 0.132 e. The topological polar surface area (TPSA) is 12.5 Å². The Balaban J connectivity index is 0.967. The van der Waals surface area contributed by atoms with Gasteiger partial charge in [-0.2, -0.15) is 0 Å². The summed E-state index contributed by atoms with van der Waals surface area (Å²) in [6.07, 6.45) is 4.60. The van der Waals surface area contributed by atoms with E-state index in [1.165, 1.54) is 72.1 Å². The summed E-state index contributed by atoms with van der Waals surface area (Å²) < 4.78 is 7.33. The average Bonchev–Trinajstić information content (AvgIpc) is 3.68. The number of para-hydroxylation sites is 1. The Bertz CT molecular complexity index is 3500. The number of benzene rings is 10. The van der Waals surface area contributed by atoms with E-state index < -0.39 is 5.41 Å². The van der Waals surface area contributed by atoms with Crippen molar-refractivity contribution in [1.29, 1.82) is 0 Å². The van der Waals surface area contributed by atoms with Crippen molar-refractivity contribution in [2.24, 2.45) is 5.92 Å². The van der Waals surface area contributed by atoms with Crippen LogP contribution in [-0.4, -0.2) is 0 Å². The summed E-state index contributed by atoms with van der Waals surface area (Å²) in [5, 5.41) is 2.34. The normalized spacial score (nSPS) is 17.4. The molecule has 10 aromatic rings. The molecule has 2 aliphatic carbocycles. The quantitative estimate of drug-likeness (QED) is 0.166. The van der Waals surface area contributed by atoms with Crippen LogP contribution >= 0.6 is 0 Å². The van der Waals surface area contributed by atoms with Crippen molar-refractivity contribution in [2.75, 3.05) is 4.90 Å². The Morgan fingerprint density at radius 1 is 0.400 bits per heavy atom. The van der Waals surface area contributed by atoms with Crippen LogP contribution in [0, 0.1) is 5.92 Å². The van der Waals surface area contributed by atoms with Gasteiger partial charge in [0.1, 0.15) is 11.9 Å². The van der Waals surface area contributed by atoms with Crippen LogP contribution in [0.4, 0.5) is 17.1 Å². The van der Waals surface area contributed by atoms with Crippen molar-refractivity contribution in [2.45, 2.75) is 11.5 Å². The third-order valence-corrected chi connectivity index (χ3v) is 14.1. The van der Waals surface area contributed by atoms with Crippen LogP contribution in [-0.2, 0) is 5.41 Å². The van der Waals surface area contributed by atoms with E-state index in [0.717, 1.165) is 33.8 Å². The van der Waals surface area contributed by atoms with Crippen LogP contribution < -0.4 is 9.64 Å². The zero-order chi connectivity index (χ0) is 42.9. The fourth-order valence-electron chi connectivity index (χ4n) is 11.3. The molecule has 2 nitrogen and oxygen atoms in total. The van der Waals surface area contributed by atoms with E-state index in [1.807, 2.05) is 0 Å². The molecule has 0 bridgehead atoms. The molecule has 1 spiro atoms. The number of nitrogens with zero attached hydrogens (tertiary/aromatic N) is 1. The molecule has 13 rings (SSSR count). The van der Waals surface area contributed by atoms with Crippen molar-refractivity contribution in [3.63, 3.8) is 0 Å². The van der Waals surface area contributed by atoms with Crippen molar-refractivity contribution in [3.8, 4) is 50.3 Å². The highest BCUT2D eigenvalue weighted by atomic mass is 16.5. The molecule has 10 aromatic carbocycles. The minimum Gasteiger partial charge on any atom is -0.484 e. The summed E-state index contributed by atoms with van der Waals surface area (Å²) in [4.78, 5) is 2.36. The first-order valence-corrected chi connectivity index (χ1v) is 22.6. The molecule has 0 radical (unpaired) electrons. The zero-order valence-corrected chi connectivity index (χ0v) is 35.7. The standard InChI is InChI=1S/C63H43NO/c1-3-17-42(18-4-1)46-22-14-27-50(40-46)64(49-25-5-2-6-26-49)51-28-15-23-47(41-51)45-21-13-24-48(39-45)52-32-16-34-57-60(52)55-31-11-12-33-56(55)63(57)58-37-35-43-19-7-9-29-53(43)61(58)65-62-54-30-10-8-20-44(54)36-38-59(62)63/h1-41,58,61H. The number of rotatable bonds is 6. The van der Waals surface area contributed by atoms with Gasteiger partial charge in [-0.05, 0) is 109 Å². The molecule has 306 valence electrons. The van der Waals surface area contributed by atoms with Crippen LogP contribution in [0.1, 0.15) is 33.9 Å². The molecule has 0 aromatic heterocycles. The van der Waals surface area contributed by atoms with Gasteiger partial charge >= 0.3 is 0 Å². The summed E-state index contributed by atoms with van der Waals surface area (Å²) in [7, 11) is 0. The molecular weight excluding hydrogens is 787 g/mol. The van der Waals surface area contributed by atoms with Gasteiger partial charge in [-0.15, -0.1) is 0 Å². The highest BCUT2D eigenvalue weighted by Gasteiger charge is 2.57. The van der Waals surface area contributed by atoms with Gasteiger partial charge in [-0.1, -0.05) is 206 Å². The molecule has 3 unspecified atom stereocenters. The highest BCUT2D eigenvalue weighted by Crippen LogP contribution is 2.66. The average molecular weight is 830 g/mol. The Labute approximate surface area is 380 Å². The van der Waals surface area contributed by atoms with Gasteiger partial charge in [0.15, 0.2) is 0 Å². The first-order valence-electron chi connectivity index (χ1n) is 22.6. The first kappa shape index (κ1) is 37.4. The largest absolute Gasteiger partial charge is 0.484 e. The molecule has 0 saturated heterocycles. The molecule has 1 aliphatic heterocycles. The van der Waals surface area contributed by atoms with Crippen molar-refractivity contribution in [1.82, 2.24) is 0 Å². The van der Waals surface area contributed by atoms with Gasteiger partial charge in [-0.3, -0.25) is 0 Å². The second kappa shape index (κ2) is 15.0. The van der Waals surface area contributed by atoms with Crippen LogP contribution in [0.25, 0.3) is 61.4 Å². The molecule has 65 heavy (non-hydrogen) atoms. The predicted octanol–water partition coefficient (Wildman–Crippen LogP) is 16.4. The fraction of sp³-hybridized carbons (Fsp3) is 0.0476. The second-order valence-corrected chi connectivity index (χ2v) is 17.5. The molecular formula is C63H43NO. The van der Waals surface area contributed by atoms with Gasteiger partial charge in [0, 0.05) is 39.5 Å². The van der Waals surface area contributed by atoms with E-state index in [0.29, 0.717) is 0 Å². The minimum atomic E-state index is -0.487. The lowest BCUT2D eigenvalue weighted by molar-refractivity contribution is 0.105. The van der Waals surface area contributed by atoms with E-state index in [1.54, 1.807) is 0 Å². The maximum atomic E-state index is 7.33. The monoisotopic (exact) mass is 829 g/mol. The molecule has 1 heterocycles. The first-order chi connectivity index (χ1) is 32.2. The number of ether oxygens (including phenoxy) is 1. The third-order valence-electron chi connectivity index (χ3n) is 14.1. The summed E-state index contributed by atoms with van der Waals surface area (Å²) in [6.45, 7) is 0. The fourth-order valence-corrected chi connectivity index (χ4v) is 11.3.